The molecule has 1 aromatic heterocycles. The summed E-state index contributed by atoms with van der Waals surface area (Å²) < 4.78 is 33.0. The van der Waals surface area contributed by atoms with E-state index in [0.717, 1.165) is 26.6 Å². The Morgan fingerprint density at radius 2 is 1.91 bits per heavy atom. The quantitative estimate of drug-likeness (QED) is 0.492. The van der Waals surface area contributed by atoms with Crippen LogP contribution < -0.4 is 13.9 Å². The van der Waals surface area contributed by atoms with Crippen LogP contribution in [0, 0.1) is 0 Å². The number of halogens is 1. The number of hydrogen-bond donors (Lipinski definition) is 1. The van der Waals surface area contributed by atoms with Gasteiger partial charge in [0.15, 0.2) is 0 Å². The lowest BCUT2D eigenvalue weighted by Gasteiger charge is -2.27. The predicted molar refractivity (Wildman–Crippen MR) is 127 cm³/mol. The molecule has 0 unspecified atom stereocenters. The van der Waals surface area contributed by atoms with Crippen LogP contribution in [0.3, 0.4) is 0 Å². The number of para-hydroxylation sites is 2. The van der Waals surface area contributed by atoms with E-state index >= 15 is 0 Å². The molecule has 0 saturated heterocycles. The minimum Gasteiger partial charge on any atom is -0.495 e. The second-order valence-electron chi connectivity index (χ2n) is 7.22. The fourth-order valence-corrected chi connectivity index (χ4v) is 6.04. The zero-order valence-electron chi connectivity index (χ0n) is 17.8. The van der Waals surface area contributed by atoms with Gasteiger partial charge in [-0.15, -0.1) is 11.3 Å². The maximum atomic E-state index is 13.4. The molecular formula is C22H17ClN2O7S2. The fraction of sp³-hybridized carbons (Fsp3) is 0.136. The highest BCUT2D eigenvalue weighted by Crippen LogP contribution is 2.37. The average molecular weight is 521 g/mol. The molecular weight excluding hydrogens is 504 g/mol. The summed E-state index contributed by atoms with van der Waals surface area (Å²) in [7, 11) is -1.40. The maximum Gasteiger partial charge on any atom is 0.337 e. The predicted octanol–water partition coefficient (Wildman–Crippen LogP) is 3.66. The molecule has 12 heteroatoms. The van der Waals surface area contributed by atoms with Crippen LogP contribution in [0.4, 0.5) is 11.4 Å². The maximum absolute atomic E-state index is 13.4. The number of nitrogens with zero attached hydrogens (tertiary/aromatic N) is 2. The molecule has 0 spiro atoms. The summed E-state index contributed by atoms with van der Waals surface area (Å²) in [4.78, 5) is 38.4. The Balaban J connectivity index is 1.80. The van der Waals surface area contributed by atoms with Crippen LogP contribution in [0.25, 0.3) is 0 Å². The summed E-state index contributed by atoms with van der Waals surface area (Å²) in [5.74, 6) is -2.50. The molecule has 9 nitrogen and oxygen atoms in total. The number of imide groups is 1. The van der Waals surface area contributed by atoms with Gasteiger partial charge in [0.1, 0.15) is 5.75 Å². The fourth-order valence-electron chi connectivity index (χ4n) is 3.61. The SMILES string of the molecule is COc1ccccc1N(C)S(=O)(=O)c1ccc(Cl)c(N2C(=O)Cc3scc(C(=O)O)c3C2=O)c1. The van der Waals surface area contributed by atoms with Crippen molar-refractivity contribution >= 4 is 62.1 Å². The number of anilines is 2. The number of carbonyl (C=O) groups excluding carboxylic acids is 2. The summed E-state index contributed by atoms with van der Waals surface area (Å²) in [5, 5.41) is 10.7. The molecule has 176 valence electrons. The van der Waals surface area contributed by atoms with Crippen LogP contribution >= 0.6 is 22.9 Å². The van der Waals surface area contributed by atoms with Crippen molar-refractivity contribution in [2.75, 3.05) is 23.4 Å². The van der Waals surface area contributed by atoms with Gasteiger partial charge in [0.2, 0.25) is 5.91 Å². The van der Waals surface area contributed by atoms with Crippen LogP contribution in [0.15, 0.2) is 52.7 Å². The van der Waals surface area contributed by atoms with Crippen molar-refractivity contribution in [2.24, 2.45) is 0 Å². The molecule has 3 aromatic rings. The Morgan fingerprint density at radius 3 is 2.59 bits per heavy atom. The van der Waals surface area contributed by atoms with Gasteiger partial charge >= 0.3 is 5.97 Å². The molecule has 0 bridgehead atoms. The molecule has 0 fully saturated rings. The van der Waals surface area contributed by atoms with Gasteiger partial charge in [-0.3, -0.25) is 13.9 Å². The molecule has 0 radical (unpaired) electrons. The van der Waals surface area contributed by atoms with Crippen molar-refractivity contribution in [1.82, 2.24) is 0 Å². The Morgan fingerprint density at radius 1 is 1.21 bits per heavy atom. The van der Waals surface area contributed by atoms with Crippen LogP contribution in [0.1, 0.15) is 25.6 Å². The Kier molecular flexibility index (Phi) is 6.11. The van der Waals surface area contributed by atoms with Crippen molar-refractivity contribution in [3.8, 4) is 5.75 Å². The normalized spacial score (nSPS) is 13.6. The number of thiophene rings is 1. The van der Waals surface area contributed by atoms with E-state index in [0.29, 0.717) is 10.6 Å². The number of ether oxygens (including phenoxy) is 1. The first-order valence-electron chi connectivity index (χ1n) is 9.70. The summed E-state index contributed by atoms with van der Waals surface area (Å²) >= 11 is 7.27. The van der Waals surface area contributed by atoms with E-state index < -0.39 is 27.8 Å². The first-order valence-corrected chi connectivity index (χ1v) is 12.4. The molecule has 2 amide bonds. The van der Waals surface area contributed by atoms with Gasteiger partial charge in [0, 0.05) is 17.3 Å². The Hall–Kier alpha value is -3.41. The van der Waals surface area contributed by atoms with E-state index in [1.54, 1.807) is 24.3 Å². The summed E-state index contributed by atoms with van der Waals surface area (Å²) in [6, 6.07) is 10.2. The largest absolute Gasteiger partial charge is 0.495 e. The molecule has 2 aromatic carbocycles. The number of fused-ring (bicyclic) bond motifs is 1. The van der Waals surface area contributed by atoms with Crippen molar-refractivity contribution in [2.45, 2.75) is 11.3 Å². The van der Waals surface area contributed by atoms with Crippen LogP contribution in [-0.4, -0.2) is 45.5 Å². The number of benzene rings is 2. The smallest absolute Gasteiger partial charge is 0.337 e. The second kappa shape index (κ2) is 8.75. The molecule has 0 saturated carbocycles. The number of carbonyl (C=O) groups is 3. The van der Waals surface area contributed by atoms with Gasteiger partial charge in [0.25, 0.3) is 15.9 Å². The lowest BCUT2D eigenvalue weighted by atomic mass is 10.0. The third kappa shape index (κ3) is 3.81. The molecule has 34 heavy (non-hydrogen) atoms. The zero-order chi connectivity index (χ0) is 24.8. The topological polar surface area (TPSA) is 121 Å². The van der Waals surface area contributed by atoms with Crippen LogP contribution in [0.5, 0.6) is 5.75 Å². The first-order chi connectivity index (χ1) is 16.1. The van der Waals surface area contributed by atoms with Crippen molar-refractivity contribution in [3.63, 3.8) is 0 Å². The molecule has 1 aliphatic heterocycles. The highest BCUT2D eigenvalue weighted by molar-refractivity contribution is 7.92. The van der Waals surface area contributed by atoms with Crippen LogP contribution in [0.2, 0.25) is 5.02 Å². The third-order valence-corrected chi connectivity index (χ3v) is 8.39. The molecule has 2 heterocycles. The average Bonchev–Trinajstić information content (AvgIpc) is 3.24. The lowest BCUT2D eigenvalue weighted by Crippen LogP contribution is -2.42. The molecule has 1 N–H and O–H groups in total. The van der Waals surface area contributed by atoms with Gasteiger partial charge in [-0.05, 0) is 30.3 Å². The van der Waals surface area contributed by atoms with Crippen molar-refractivity contribution in [1.29, 1.82) is 0 Å². The van der Waals surface area contributed by atoms with E-state index in [-0.39, 0.29) is 38.8 Å². The number of aromatic carboxylic acids is 1. The monoisotopic (exact) mass is 520 g/mol. The van der Waals surface area contributed by atoms with Gasteiger partial charge in [-0.2, -0.15) is 0 Å². The van der Waals surface area contributed by atoms with E-state index in [9.17, 15) is 27.9 Å². The number of methoxy groups -OCH3 is 1. The van der Waals surface area contributed by atoms with Gasteiger partial charge in [0.05, 0.1) is 46.0 Å². The molecule has 4 rings (SSSR count). The highest BCUT2D eigenvalue weighted by atomic mass is 35.5. The number of carboxylic acids is 1. The Bertz CT molecular complexity index is 1450. The molecule has 1 aliphatic rings. The van der Waals surface area contributed by atoms with Crippen molar-refractivity contribution in [3.05, 3.63) is 68.9 Å². The van der Waals surface area contributed by atoms with E-state index in [1.807, 2.05) is 0 Å². The van der Waals surface area contributed by atoms with Gasteiger partial charge < -0.3 is 9.84 Å². The zero-order valence-corrected chi connectivity index (χ0v) is 20.2. The molecule has 0 atom stereocenters. The first kappa shape index (κ1) is 23.7. The lowest BCUT2D eigenvalue weighted by molar-refractivity contribution is -0.117. The summed E-state index contributed by atoms with van der Waals surface area (Å²) in [6.45, 7) is 0. The number of hydrogen-bond acceptors (Lipinski definition) is 7. The number of sulfonamides is 1. The number of amides is 2. The standard InChI is InChI=1S/C22H17ClN2O7S2/c1-24(15-5-3-4-6-17(15)32-2)34(30,31)12-7-8-14(23)16(9-12)25-19(26)10-18-20(21(25)27)13(11-33-18)22(28)29/h3-9,11H,10H2,1-2H3,(H,28,29). The number of carboxylic acid groups (broad SMARTS) is 1. The number of rotatable bonds is 6. The van der Waals surface area contributed by atoms with Crippen LogP contribution in [-0.2, 0) is 21.2 Å². The summed E-state index contributed by atoms with van der Waals surface area (Å²) in [6.07, 6.45) is -0.215. The molecule has 0 aliphatic carbocycles. The van der Waals surface area contributed by atoms with E-state index in [2.05, 4.69) is 0 Å². The Labute approximate surface area is 203 Å². The third-order valence-electron chi connectivity index (χ3n) is 5.32. The second-order valence-corrected chi connectivity index (χ2v) is 10.6. The minimum absolute atomic E-state index is 0.0452. The van der Waals surface area contributed by atoms with Gasteiger partial charge in [-0.1, -0.05) is 23.7 Å². The van der Waals surface area contributed by atoms with E-state index in [1.165, 1.54) is 31.7 Å². The van der Waals surface area contributed by atoms with E-state index in [4.69, 9.17) is 16.3 Å². The van der Waals surface area contributed by atoms with Crippen molar-refractivity contribution < 1.29 is 32.6 Å². The minimum atomic E-state index is -4.16. The highest BCUT2D eigenvalue weighted by Gasteiger charge is 2.38. The summed E-state index contributed by atoms with van der Waals surface area (Å²) in [5.41, 5.74) is -0.203. The van der Waals surface area contributed by atoms with Gasteiger partial charge in [-0.25, -0.2) is 18.1 Å².